The number of carboxylic acid groups (broad SMARTS) is 1. The number of hydrogen-bond donors (Lipinski definition) is 1. The molecule has 114 valence electrons. The Morgan fingerprint density at radius 2 is 2.10 bits per heavy atom. The second-order valence-electron chi connectivity index (χ2n) is 5.62. The fourth-order valence-electron chi connectivity index (χ4n) is 3.02. The second-order valence-corrected chi connectivity index (χ2v) is 5.62. The van der Waals surface area contributed by atoms with Crippen molar-refractivity contribution in [2.75, 3.05) is 18.5 Å². The number of nitrogens with zero attached hydrogens (tertiary/aromatic N) is 2. The first-order chi connectivity index (χ1) is 9.95. The molecule has 0 fully saturated rings. The summed E-state index contributed by atoms with van der Waals surface area (Å²) >= 11 is 0. The zero-order chi connectivity index (χ0) is 15.6. The standard InChI is InChI=1S/C16H22N2O3/c1-4-13(16(20)21)17(3)10-15(19)18-11(2)9-12-7-5-6-8-14(12)18/h5-8,11,13H,4,9-10H2,1-3H3,(H,20,21). The summed E-state index contributed by atoms with van der Waals surface area (Å²) < 4.78 is 0. The maximum Gasteiger partial charge on any atom is 0.320 e. The molecule has 1 aromatic rings. The van der Waals surface area contributed by atoms with E-state index < -0.39 is 12.0 Å². The van der Waals surface area contributed by atoms with E-state index in [0.717, 1.165) is 12.1 Å². The lowest BCUT2D eigenvalue weighted by atomic mass is 10.1. The molecule has 21 heavy (non-hydrogen) atoms. The highest BCUT2D eigenvalue weighted by atomic mass is 16.4. The van der Waals surface area contributed by atoms with Crippen LogP contribution in [0.3, 0.4) is 0 Å². The van der Waals surface area contributed by atoms with Crippen LogP contribution in [0, 0.1) is 0 Å². The van der Waals surface area contributed by atoms with Crippen LogP contribution in [-0.4, -0.2) is 47.6 Å². The van der Waals surface area contributed by atoms with Crippen LogP contribution in [0.4, 0.5) is 5.69 Å². The van der Waals surface area contributed by atoms with Crippen molar-refractivity contribution in [1.82, 2.24) is 4.90 Å². The van der Waals surface area contributed by atoms with Gasteiger partial charge < -0.3 is 10.0 Å². The normalized spacial score (nSPS) is 18.7. The van der Waals surface area contributed by atoms with Gasteiger partial charge in [0, 0.05) is 11.7 Å². The van der Waals surface area contributed by atoms with Crippen LogP contribution in [-0.2, 0) is 16.0 Å². The lowest BCUT2D eigenvalue weighted by Gasteiger charge is -2.28. The number of anilines is 1. The molecular formula is C16H22N2O3. The molecule has 0 radical (unpaired) electrons. The summed E-state index contributed by atoms with van der Waals surface area (Å²) in [6.45, 7) is 3.95. The number of carbonyl (C=O) groups is 2. The van der Waals surface area contributed by atoms with Gasteiger partial charge in [0.05, 0.1) is 6.54 Å². The van der Waals surface area contributed by atoms with Crippen LogP contribution in [0.25, 0.3) is 0 Å². The van der Waals surface area contributed by atoms with Gasteiger partial charge in [0.15, 0.2) is 0 Å². The molecule has 0 spiro atoms. The van der Waals surface area contributed by atoms with Crippen molar-refractivity contribution in [2.45, 2.75) is 38.8 Å². The summed E-state index contributed by atoms with van der Waals surface area (Å²) in [4.78, 5) is 27.1. The van der Waals surface area contributed by atoms with E-state index in [1.807, 2.05) is 38.1 Å². The topological polar surface area (TPSA) is 60.9 Å². The van der Waals surface area contributed by atoms with Crippen molar-refractivity contribution in [3.8, 4) is 0 Å². The van der Waals surface area contributed by atoms with E-state index in [0.29, 0.717) is 6.42 Å². The lowest BCUT2D eigenvalue weighted by molar-refractivity contribution is -0.143. The van der Waals surface area contributed by atoms with Crippen molar-refractivity contribution in [3.05, 3.63) is 29.8 Å². The molecule has 1 amide bonds. The Balaban J connectivity index is 2.12. The monoisotopic (exact) mass is 290 g/mol. The maximum atomic E-state index is 12.6. The van der Waals surface area contributed by atoms with Gasteiger partial charge in [0.25, 0.3) is 0 Å². The Kier molecular flexibility index (Phi) is 4.63. The molecule has 1 heterocycles. The number of para-hydroxylation sites is 1. The summed E-state index contributed by atoms with van der Waals surface area (Å²) in [6.07, 6.45) is 1.33. The van der Waals surface area contributed by atoms with Gasteiger partial charge in [-0.3, -0.25) is 14.5 Å². The Bertz CT molecular complexity index is 544. The second kappa shape index (κ2) is 6.26. The van der Waals surface area contributed by atoms with Crippen LogP contribution in [0.2, 0.25) is 0 Å². The minimum absolute atomic E-state index is 0.0466. The molecule has 1 aromatic carbocycles. The molecule has 2 rings (SSSR count). The molecule has 5 heteroatoms. The molecule has 0 aliphatic carbocycles. The van der Waals surface area contributed by atoms with E-state index in [1.54, 1.807) is 16.8 Å². The van der Waals surface area contributed by atoms with E-state index in [1.165, 1.54) is 5.56 Å². The number of rotatable bonds is 5. The van der Waals surface area contributed by atoms with Gasteiger partial charge in [-0.1, -0.05) is 25.1 Å². The Hall–Kier alpha value is -1.88. The van der Waals surface area contributed by atoms with Crippen LogP contribution >= 0.6 is 0 Å². The summed E-state index contributed by atoms with van der Waals surface area (Å²) in [5.41, 5.74) is 2.12. The van der Waals surface area contributed by atoms with E-state index >= 15 is 0 Å². The van der Waals surface area contributed by atoms with Gasteiger partial charge in [0.1, 0.15) is 6.04 Å². The predicted molar refractivity (Wildman–Crippen MR) is 81.4 cm³/mol. The van der Waals surface area contributed by atoms with Crippen molar-refractivity contribution in [1.29, 1.82) is 0 Å². The van der Waals surface area contributed by atoms with Gasteiger partial charge in [-0.05, 0) is 38.4 Å². The van der Waals surface area contributed by atoms with E-state index in [4.69, 9.17) is 5.11 Å². The quantitative estimate of drug-likeness (QED) is 0.897. The number of carboxylic acids is 1. The first-order valence-electron chi connectivity index (χ1n) is 7.28. The lowest BCUT2D eigenvalue weighted by Crippen LogP contribution is -2.47. The van der Waals surface area contributed by atoms with Gasteiger partial charge in [-0.25, -0.2) is 0 Å². The highest BCUT2D eigenvalue weighted by molar-refractivity contribution is 5.97. The summed E-state index contributed by atoms with van der Waals surface area (Å²) in [7, 11) is 1.69. The fraction of sp³-hybridized carbons (Fsp3) is 0.500. The maximum absolute atomic E-state index is 12.6. The molecule has 0 aromatic heterocycles. The number of hydrogen-bond acceptors (Lipinski definition) is 3. The van der Waals surface area contributed by atoms with Gasteiger partial charge >= 0.3 is 5.97 Å². The number of likely N-dealkylation sites (N-methyl/N-ethyl adjacent to an activating group) is 1. The van der Waals surface area contributed by atoms with Crippen molar-refractivity contribution >= 4 is 17.6 Å². The van der Waals surface area contributed by atoms with Gasteiger partial charge in [-0.2, -0.15) is 0 Å². The van der Waals surface area contributed by atoms with Crippen LogP contribution in [0.5, 0.6) is 0 Å². The van der Waals surface area contributed by atoms with Crippen molar-refractivity contribution < 1.29 is 14.7 Å². The van der Waals surface area contributed by atoms with Gasteiger partial charge in [0.2, 0.25) is 5.91 Å². The Morgan fingerprint density at radius 1 is 1.43 bits per heavy atom. The first-order valence-corrected chi connectivity index (χ1v) is 7.28. The number of benzene rings is 1. The SMILES string of the molecule is CCC(C(=O)O)N(C)CC(=O)N1c2ccccc2CC1C. The minimum Gasteiger partial charge on any atom is -0.480 e. The third kappa shape index (κ3) is 3.08. The number of amides is 1. The molecular weight excluding hydrogens is 268 g/mol. The molecule has 0 saturated carbocycles. The van der Waals surface area contributed by atoms with E-state index in [-0.39, 0.29) is 18.5 Å². The average Bonchev–Trinajstić information content (AvgIpc) is 2.74. The zero-order valence-electron chi connectivity index (χ0n) is 12.7. The molecule has 1 aliphatic rings. The predicted octanol–water partition coefficient (Wildman–Crippen LogP) is 1.76. The molecule has 0 saturated heterocycles. The summed E-state index contributed by atoms with van der Waals surface area (Å²) in [5, 5.41) is 9.17. The van der Waals surface area contributed by atoms with Crippen molar-refractivity contribution in [2.24, 2.45) is 0 Å². The Morgan fingerprint density at radius 3 is 2.71 bits per heavy atom. The highest BCUT2D eigenvalue weighted by Gasteiger charge is 2.32. The van der Waals surface area contributed by atoms with E-state index in [2.05, 4.69) is 0 Å². The largest absolute Gasteiger partial charge is 0.480 e. The number of aliphatic carboxylic acids is 1. The average molecular weight is 290 g/mol. The number of carbonyl (C=O) groups excluding carboxylic acids is 1. The summed E-state index contributed by atoms with van der Waals surface area (Å²) in [6, 6.07) is 7.38. The fourth-order valence-corrected chi connectivity index (χ4v) is 3.02. The molecule has 1 N–H and O–H groups in total. The molecule has 5 nitrogen and oxygen atoms in total. The Labute approximate surface area is 125 Å². The van der Waals surface area contributed by atoms with E-state index in [9.17, 15) is 9.59 Å². The third-order valence-corrected chi connectivity index (χ3v) is 4.06. The highest BCUT2D eigenvalue weighted by Crippen LogP contribution is 2.31. The van der Waals surface area contributed by atoms with Crippen molar-refractivity contribution in [3.63, 3.8) is 0 Å². The van der Waals surface area contributed by atoms with Crippen LogP contribution < -0.4 is 4.90 Å². The van der Waals surface area contributed by atoms with Crippen LogP contribution in [0.1, 0.15) is 25.8 Å². The minimum atomic E-state index is -0.886. The molecule has 2 atom stereocenters. The first kappa shape index (κ1) is 15.5. The van der Waals surface area contributed by atoms with Crippen LogP contribution in [0.15, 0.2) is 24.3 Å². The molecule has 0 bridgehead atoms. The third-order valence-electron chi connectivity index (χ3n) is 4.06. The molecule has 2 unspecified atom stereocenters. The summed E-state index contributed by atoms with van der Waals surface area (Å²) in [5.74, 6) is -0.933. The zero-order valence-corrected chi connectivity index (χ0v) is 12.7. The smallest absolute Gasteiger partial charge is 0.320 e. The molecule has 1 aliphatic heterocycles. The van der Waals surface area contributed by atoms with Gasteiger partial charge in [-0.15, -0.1) is 0 Å². The number of fused-ring (bicyclic) bond motifs is 1.